The molecule has 0 aromatic heterocycles. The van der Waals surface area contributed by atoms with Gasteiger partial charge in [-0.2, -0.15) is 0 Å². The Labute approximate surface area is 121 Å². The quantitative estimate of drug-likeness (QED) is 0.625. The lowest BCUT2D eigenvalue weighted by atomic mass is 10.2. The number of halogens is 1. The van der Waals surface area contributed by atoms with Crippen molar-refractivity contribution in [2.75, 3.05) is 19.1 Å². The van der Waals surface area contributed by atoms with Crippen molar-refractivity contribution in [3.63, 3.8) is 0 Å². The molecule has 0 spiro atoms. The minimum Gasteiger partial charge on any atom is -0.497 e. The van der Waals surface area contributed by atoms with Gasteiger partial charge in [0, 0.05) is 13.6 Å². The fourth-order valence-electron chi connectivity index (χ4n) is 2.06. The van der Waals surface area contributed by atoms with Gasteiger partial charge in [0.15, 0.2) is 0 Å². The molecule has 110 valence electrons. The molecule has 0 aliphatic rings. The van der Waals surface area contributed by atoms with E-state index in [4.69, 9.17) is 4.74 Å². The van der Waals surface area contributed by atoms with E-state index in [1.54, 1.807) is 19.1 Å². The highest BCUT2D eigenvalue weighted by Crippen LogP contribution is 2.29. The maximum absolute atomic E-state index is 13.1. The minimum atomic E-state index is -0.622. The van der Waals surface area contributed by atoms with Crippen molar-refractivity contribution in [2.24, 2.45) is 0 Å². The third kappa shape index (κ3) is 3.47. The Morgan fingerprint density at radius 2 is 1.90 bits per heavy atom. The van der Waals surface area contributed by atoms with Crippen LogP contribution in [0.25, 0.3) is 0 Å². The summed E-state index contributed by atoms with van der Waals surface area (Å²) in [6, 6.07) is 11.0. The Morgan fingerprint density at radius 1 is 1.24 bits per heavy atom. The highest BCUT2D eigenvalue weighted by atomic mass is 19.1. The summed E-state index contributed by atoms with van der Waals surface area (Å²) in [5.41, 5.74) is 1.10. The van der Waals surface area contributed by atoms with E-state index in [0.29, 0.717) is 12.2 Å². The number of anilines is 1. The zero-order valence-electron chi connectivity index (χ0n) is 11.7. The van der Waals surface area contributed by atoms with Gasteiger partial charge in [-0.05, 0) is 29.8 Å². The van der Waals surface area contributed by atoms with Gasteiger partial charge in [-0.3, -0.25) is 10.1 Å². The Balaban J connectivity index is 2.23. The first kappa shape index (κ1) is 14.8. The third-order valence-electron chi connectivity index (χ3n) is 3.12. The Hall–Kier alpha value is -2.63. The van der Waals surface area contributed by atoms with Crippen molar-refractivity contribution in [3.8, 4) is 5.75 Å². The Kier molecular flexibility index (Phi) is 4.37. The molecule has 6 heteroatoms. The van der Waals surface area contributed by atoms with Crippen molar-refractivity contribution < 1.29 is 14.1 Å². The van der Waals surface area contributed by atoms with Gasteiger partial charge in [0.1, 0.15) is 17.3 Å². The van der Waals surface area contributed by atoms with E-state index in [9.17, 15) is 14.5 Å². The first-order valence-corrected chi connectivity index (χ1v) is 6.29. The molecule has 0 saturated heterocycles. The van der Waals surface area contributed by atoms with Gasteiger partial charge in [-0.1, -0.05) is 12.1 Å². The number of hydrogen-bond acceptors (Lipinski definition) is 4. The van der Waals surface area contributed by atoms with Gasteiger partial charge >= 0.3 is 0 Å². The summed E-state index contributed by atoms with van der Waals surface area (Å²) in [5, 5.41) is 11.0. The molecular formula is C15H15FN2O3. The van der Waals surface area contributed by atoms with E-state index in [-0.39, 0.29) is 5.69 Å². The van der Waals surface area contributed by atoms with Gasteiger partial charge in [0.2, 0.25) is 0 Å². The Morgan fingerprint density at radius 3 is 2.48 bits per heavy atom. The van der Waals surface area contributed by atoms with Gasteiger partial charge in [0.05, 0.1) is 18.1 Å². The van der Waals surface area contributed by atoms with Crippen LogP contribution in [0.4, 0.5) is 15.8 Å². The number of ether oxygens (including phenoxy) is 1. The molecule has 2 aromatic carbocycles. The molecule has 2 rings (SSSR count). The third-order valence-corrected chi connectivity index (χ3v) is 3.12. The number of nitrogens with zero attached hydrogens (tertiary/aromatic N) is 2. The zero-order valence-corrected chi connectivity index (χ0v) is 11.7. The van der Waals surface area contributed by atoms with Crippen LogP contribution in [0.3, 0.4) is 0 Å². The number of hydrogen-bond donors (Lipinski definition) is 0. The van der Waals surface area contributed by atoms with E-state index in [1.165, 1.54) is 12.1 Å². The van der Waals surface area contributed by atoms with Gasteiger partial charge in [-0.15, -0.1) is 0 Å². The van der Waals surface area contributed by atoms with Crippen LogP contribution in [0.15, 0.2) is 42.5 Å². The zero-order chi connectivity index (χ0) is 15.4. The summed E-state index contributed by atoms with van der Waals surface area (Å²) < 4.78 is 18.2. The summed E-state index contributed by atoms with van der Waals surface area (Å²) in [6.07, 6.45) is 0. The predicted molar refractivity (Wildman–Crippen MR) is 78.2 cm³/mol. The fourth-order valence-corrected chi connectivity index (χ4v) is 2.06. The van der Waals surface area contributed by atoms with Gasteiger partial charge < -0.3 is 9.64 Å². The van der Waals surface area contributed by atoms with Crippen LogP contribution in [0.1, 0.15) is 5.56 Å². The maximum Gasteiger partial charge on any atom is 0.295 e. The molecule has 0 unspecified atom stereocenters. The van der Waals surface area contributed by atoms with Crippen molar-refractivity contribution in [2.45, 2.75) is 6.54 Å². The van der Waals surface area contributed by atoms with E-state index < -0.39 is 10.7 Å². The number of nitro benzene ring substituents is 1. The van der Waals surface area contributed by atoms with Crippen LogP contribution < -0.4 is 9.64 Å². The van der Waals surface area contributed by atoms with Crippen molar-refractivity contribution in [3.05, 3.63) is 64.0 Å². The molecular weight excluding hydrogens is 275 g/mol. The van der Waals surface area contributed by atoms with Crippen LogP contribution in [0.5, 0.6) is 5.75 Å². The van der Waals surface area contributed by atoms with E-state index >= 15 is 0 Å². The second-order valence-electron chi connectivity index (χ2n) is 4.59. The first-order chi connectivity index (χ1) is 10.0. The van der Waals surface area contributed by atoms with E-state index in [2.05, 4.69) is 0 Å². The normalized spacial score (nSPS) is 10.2. The van der Waals surface area contributed by atoms with Gasteiger partial charge in [0.25, 0.3) is 5.69 Å². The molecule has 0 N–H and O–H groups in total. The van der Waals surface area contributed by atoms with Crippen LogP contribution in [0.2, 0.25) is 0 Å². The summed E-state index contributed by atoms with van der Waals surface area (Å²) in [4.78, 5) is 12.1. The maximum atomic E-state index is 13.1. The number of nitro groups is 1. The largest absolute Gasteiger partial charge is 0.497 e. The SMILES string of the molecule is COc1ccc(CN(C)c2ccc(F)cc2[N+](=O)[O-])cc1. The molecule has 0 fully saturated rings. The van der Waals surface area contributed by atoms with Crippen LogP contribution in [-0.4, -0.2) is 19.1 Å². The molecule has 0 atom stereocenters. The van der Waals surface area contributed by atoms with Gasteiger partial charge in [-0.25, -0.2) is 4.39 Å². The molecule has 2 aromatic rings. The summed E-state index contributed by atoms with van der Waals surface area (Å²) in [7, 11) is 3.31. The smallest absolute Gasteiger partial charge is 0.295 e. The standard InChI is InChI=1S/C15H15FN2O3/c1-17(10-11-3-6-13(21-2)7-4-11)14-8-5-12(16)9-15(14)18(19)20/h3-9H,10H2,1-2H3. The predicted octanol–water partition coefficient (Wildman–Crippen LogP) is 3.38. The molecule has 0 radical (unpaired) electrons. The van der Waals surface area contributed by atoms with Crippen LogP contribution in [0, 0.1) is 15.9 Å². The molecule has 0 bridgehead atoms. The topological polar surface area (TPSA) is 55.6 Å². The molecule has 5 nitrogen and oxygen atoms in total. The second-order valence-corrected chi connectivity index (χ2v) is 4.59. The molecule has 0 amide bonds. The highest BCUT2D eigenvalue weighted by Gasteiger charge is 2.18. The molecule has 0 aliphatic carbocycles. The summed E-state index contributed by atoms with van der Waals surface area (Å²) in [6.45, 7) is 0.469. The highest BCUT2D eigenvalue weighted by molar-refractivity contribution is 5.63. The number of methoxy groups -OCH3 is 1. The monoisotopic (exact) mass is 290 g/mol. The lowest BCUT2D eigenvalue weighted by molar-refractivity contribution is -0.384. The minimum absolute atomic E-state index is 0.244. The lowest BCUT2D eigenvalue weighted by Crippen LogP contribution is -2.17. The van der Waals surface area contributed by atoms with Crippen LogP contribution >= 0.6 is 0 Å². The first-order valence-electron chi connectivity index (χ1n) is 6.29. The van der Waals surface area contributed by atoms with Crippen LogP contribution in [-0.2, 0) is 6.54 Å². The summed E-state index contributed by atoms with van der Waals surface area (Å²) in [5.74, 6) is 0.123. The van der Waals surface area contributed by atoms with Crippen molar-refractivity contribution >= 4 is 11.4 Å². The molecule has 0 aliphatic heterocycles. The number of benzene rings is 2. The second kappa shape index (κ2) is 6.21. The lowest BCUT2D eigenvalue weighted by Gasteiger charge is -2.19. The van der Waals surface area contributed by atoms with E-state index in [0.717, 1.165) is 17.4 Å². The van der Waals surface area contributed by atoms with Crippen molar-refractivity contribution in [1.82, 2.24) is 0 Å². The number of rotatable bonds is 5. The Bertz CT molecular complexity index is 644. The molecule has 0 heterocycles. The van der Waals surface area contributed by atoms with Crippen molar-refractivity contribution in [1.29, 1.82) is 0 Å². The average molecular weight is 290 g/mol. The molecule has 21 heavy (non-hydrogen) atoms. The molecule has 0 saturated carbocycles. The summed E-state index contributed by atoms with van der Waals surface area (Å²) >= 11 is 0. The van der Waals surface area contributed by atoms with E-state index in [1.807, 2.05) is 24.3 Å². The fraction of sp³-hybridized carbons (Fsp3) is 0.200. The average Bonchev–Trinajstić information content (AvgIpc) is 2.47.